The number of hydrogen-bond donors (Lipinski definition) is 2. The Morgan fingerprint density at radius 2 is 1.91 bits per heavy atom. The van der Waals surface area contributed by atoms with Crippen LogP contribution >= 0.6 is 11.6 Å². The average molecular weight is 341 g/mol. The zero-order valence-electron chi connectivity index (χ0n) is 11.6. The molecule has 2 rings (SSSR count). The first-order chi connectivity index (χ1) is 10.9. The lowest BCUT2D eigenvalue weighted by molar-refractivity contribution is -0.119. The van der Waals surface area contributed by atoms with E-state index in [9.17, 15) is 18.4 Å². The number of nitrogens with two attached hydrogens (primary N) is 1. The molecule has 2 aromatic carbocycles. The van der Waals surface area contributed by atoms with E-state index >= 15 is 0 Å². The minimum Gasteiger partial charge on any atom is -0.452 e. The molecule has 0 aliphatic heterocycles. The van der Waals surface area contributed by atoms with Gasteiger partial charge in [0.15, 0.2) is 6.61 Å². The van der Waals surface area contributed by atoms with Gasteiger partial charge in [0, 0.05) is 11.4 Å². The molecule has 1 amide bonds. The molecule has 0 saturated carbocycles. The van der Waals surface area contributed by atoms with Crippen LogP contribution in [0.15, 0.2) is 36.4 Å². The molecule has 0 fully saturated rings. The van der Waals surface area contributed by atoms with Crippen LogP contribution in [0.1, 0.15) is 10.4 Å². The van der Waals surface area contributed by atoms with Gasteiger partial charge in [-0.15, -0.1) is 0 Å². The quantitative estimate of drug-likeness (QED) is 0.662. The zero-order chi connectivity index (χ0) is 17.0. The van der Waals surface area contributed by atoms with E-state index in [-0.39, 0.29) is 22.0 Å². The highest BCUT2D eigenvalue weighted by Gasteiger charge is 2.14. The van der Waals surface area contributed by atoms with Gasteiger partial charge in [0.1, 0.15) is 11.6 Å². The van der Waals surface area contributed by atoms with Crippen LogP contribution in [0.5, 0.6) is 0 Å². The monoisotopic (exact) mass is 340 g/mol. The van der Waals surface area contributed by atoms with Crippen molar-refractivity contribution >= 4 is 34.9 Å². The van der Waals surface area contributed by atoms with Crippen molar-refractivity contribution in [2.24, 2.45) is 0 Å². The maximum Gasteiger partial charge on any atom is 0.340 e. The Balaban J connectivity index is 1.93. The summed E-state index contributed by atoms with van der Waals surface area (Å²) in [5.41, 5.74) is 5.59. The minimum atomic E-state index is -0.866. The lowest BCUT2D eigenvalue weighted by Crippen LogP contribution is -2.21. The predicted molar refractivity (Wildman–Crippen MR) is 81.1 cm³/mol. The summed E-state index contributed by atoms with van der Waals surface area (Å²) in [6, 6.07) is 6.78. The molecule has 0 aliphatic carbocycles. The first-order valence-corrected chi connectivity index (χ1v) is 6.71. The highest BCUT2D eigenvalue weighted by molar-refractivity contribution is 6.31. The number of halogens is 3. The van der Waals surface area contributed by atoms with Gasteiger partial charge in [-0.3, -0.25) is 4.79 Å². The van der Waals surface area contributed by atoms with Gasteiger partial charge >= 0.3 is 5.97 Å². The van der Waals surface area contributed by atoms with Crippen molar-refractivity contribution in [2.45, 2.75) is 0 Å². The maximum absolute atomic E-state index is 13.0. The van der Waals surface area contributed by atoms with Crippen molar-refractivity contribution in [3.8, 4) is 0 Å². The number of hydrogen-bond acceptors (Lipinski definition) is 4. The number of anilines is 2. The van der Waals surface area contributed by atoms with E-state index in [0.29, 0.717) is 0 Å². The van der Waals surface area contributed by atoms with E-state index in [1.807, 2.05) is 0 Å². The van der Waals surface area contributed by atoms with Gasteiger partial charge in [-0.05, 0) is 36.4 Å². The highest BCUT2D eigenvalue weighted by Crippen LogP contribution is 2.19. The van der Waals surface area contributed by atoms with Gasteiger partial charge in [0.2, 0.25) is 0 Å². The second-order valence-corrected chi connectivity index (χ2v) is 4.89. The molecule has 0 unspecified atom stereocenters. The van der Waals surface area contributed by atoms with Gasteiger partial charge in [0.25, 0.3) is 5.91 Å². The van der Waals surface area contributed by atoms with Crippen LogP contribution in [0.4, 0.5) is 20.2 Å². The third-order valence-electron chi connectivity index (χ3n) is 2.77. The Morgan fingerprint density at radius 3 is 2.57 bits per heavy atom. The van der Waals surface area contributed by atoms with Crippen LogP contribution in [0.2, 0.25) is 5.02 Å². The number of ether oxygens (including phenoxy) is 1. The molecular formula is C15H11ClF2N2O3. The van der Waals surface area contributed by atoms with Crippen LogP contribution in [-0.2, 0) is 9.53 Å². The summed E-state index contributed by atoms with van der Waals surface area (Å²) in [6.45, 7) is -0.593. The molecule has 2 aromatic rings. The third kappa shape index (κ3) is 4.40. The molecule has 120 valence electrons. The Morgan fingerprint density at radius 1 is 1.17 bits per heavy atom. The Hall–Kier alpha value is -2.67. The molecular weight excluding hydrogens is 330 g/mol. The Kier molecular flexibility index (Phi) is 5.13. The molecule has 3 N–H and O–H groups in total. The molecule has 0 radical (unpaired) electrons. The minimum absolute atomic E-state index is 0.0518. The van der Waals surface area contributed by atoms with Crippen LogP contribution in [0.25, 0.3) is 0 Å². The smallest absolute Gasteiger partial charge is 0.340 e. The first-order valence-electron chi connectivity index (χ1n) is 6.34. The van der Waals surface area contributed by atoms with E-state index in [2.05, 4.69) is 5.32 Å². The van der Waals surface area contributed by atoms with Crippen LogP contribution < -0.4 is 11.1 Å². The second-order valence-electron chi connectivity index (χ2n) is 4.48. The lowest BCUT2D eigenvalue weighted by atomic mass is 10.2. The highest BCUT2D eigenvalue weighted by atomic mass is 35.5. The molecule has 0 heterocycles. The van der Waals surface area contributed by atoms with Crippen molar-refractivity contribution in [1.29, 1.82) is 0 Å². The lowest BCUT2D eigenvalue weighted by Gasteiger charge is -2.08. The summed E-state index contributed by atoms with van der Waals surface area (Å²) in [5, 5.41) is 2.23. The number of carbonyl (C=O) groups excluding carboxylic acids is 2. The summed E-state index contributed by atoms with van der Waals surface area (Å²) in [5.74, 6) is -2.73. The second kappa shape index (κ2) is 7.06. The van der Waals surface area contributed by atoms with E-state index in [0.717, 1.165) is 24.3 Å². The average Bonchev–Trinajstić information content (AvgIpc) is 2.48. The van der Waals surface area contributed by atoms with Gasteiger partial charge in [-0.25, -0.2) is 13.6 Å². The summed E-state index contributed by atoms with van der Waals surface area (Å²) in [6.07, 6.45) is 0. The fourth-order valence-electron chi connectivity index (χ4n) is 1.70. The number of nitrogen functional groups attached to an aromatic ring is 1. The van der Waals surface area contributed by atoms with E-state index in [1.165, 1.54) is 12.1 Å². The largest absolute Gasteiger partial charge is 0.452 e. The SMILES string of the molecule is Nc1cc(F)ccc1C(=O)OCC(=O)Nc1ccc(F)c(Cl)c1. The van der Waals surface area contributed by atoms with E-state index < -0.39 is 30.1 Å². The van der Waals surface area contributed by atoms with Crippen molar-refractivity contribution < 1.29 is 23.1 Å². The first kappa shape index (κ1) is 16.7. The molecule has 0 aliphatic rings. The zero-order valence-corrected chi connectivity index (χ0v) is 12.4. The molecule has 0 bridgehead atoms. The predicted octanol–water partition coefficient (Wildman–Crippen LogP) is 3.00. The fourth-order valence-corrected chi connectivity index (χ4v) is 1.88. The standard InChI is InChI=1S/C15H11ClF2N2O3/c16-11-6-9(2-4-12(11)18)20-14(21)7-23-15(22)10-3-1-8(17)5-13(10)19/h1-6H,7,19H2,(H,20,21). The van der Waals surface area contributed by atoms with Crippen molar-refractivity contribution in [1.82, 2.24) is 0 Å². The number of carbonyl (C=O) groups is 2. The normalized spacial score (nSPS) is 10.2. The summed E-state index contributed by atoms with van der Waals surface area (Å²) in [7, 11) is 0. The Bertz CT molecular complexity index is 768. The van der Waals surface area contributed by atoms with Gasteiger partial charge in [0.05, 0.1) is 10.6 Å². The van der Waals surface area contributed by atoms with E-state index in [4.69, 9.17) is 22.1 Å². The summed E-state index contributed by atoms with van der Waals surface area (Å²) < 4.78 is 30.7. The summed E-state index contributed by atoms with van der Waals surface area (Å²) in [4.78, 5) is 23.4. The van der Waals surface area contributed by atoms with Crippen molar-refractivity contribution in [2.75, 3.05) is 17.7 Å². The van der Waals surface area contributed by atoms with Crippen LogP contribution in [0.3, 0.4) is 0 Å². The van der Waals surface area contributed by atoms with Gasteiger partial charge in [-0.2, -0.15) is 0 Å². The number of amides is 1. The molecule has 0 atom stereocenters. The molecule has 0 saturated heterocycles. The summed E-state index contributed by atoms with van der Waals surface area (Å²) >= 11 is 5.58. The molecule has 23 heavy (non-hydrogen) atoms. The van der Waals surface area contributed by atoms with Crippen molar-refractivity contribution in [3.63, 3.8) is 0 Å². The molecule has 0 spiro atoms. The van der Waals surface area contributed by atoms with Gasteiger partial charge in [-0.1, -0.05) is 11.6 Å². The molecule has 8 heteroatoms. The fraction of sp³-hybridized carbons (Fsp3) is 0.0667. The third-order valence-corrected chi connectivity index (χ3v) is 3.06. The Labute approximate surface area is 135 Å². The maximum atomic E-state index is 13.0. The van der Waals surface area contributed by atoms with Crippen molar-refractivity contribution in [3.05, 3.63) is 58.6 Å². The number of nitrogens with one attached hydrogen (secondary N) is 1. The van der Waals surface area contributed by atoms with Crippen LogP contribution in [-0.4, -0.2) is 18.5 Å². The topological polar surface area (TPSA) is 81.4 Å². The number of esters is 1. The number of rotatable bonds is 4. The number of benzene rings is 2. The molecule has 5 nitrogen and oxygen atoms in total. The van der Waals surface area contributed by atoms with Gasteiger partial charge < -0.3 is 15.8 Å². The van der Waals surface area contributed by atoms with Crippen LogP contribution in [0, 0.1) is 11.6 Å². The molecule has 0 aromatic heterocycles. The van der Waals surface area contributed by atoms with E-state index in [1.54, 1.807) is 0 Å².